The molecule has 0 radical (unpaired) electrons. The van der Waals surface area contributed by atoms with Crippen LogP contribution in [0.3, 0.4) is 0 Å². The maximum absolute atomic E-state index is 12.0. The summed E-state index contributed by atoms with van der Waals surface area (Å²) in [6, 6.07) is 7.49. The van der Waals surface area contributed by atoms with Gasteiger partial charge in [-0.1, -0.05) is 6.07 Å². The van der Waals surface area contributed by atoms with Gasteiger partial charge >= 0.3 is 0 Å². The van der Waals surface area contributed by atoms with E-state index in [1.807, 2.05) is 0 Å². The number of likely N-dealkylation sites (N-methyl/N-ethyl adjacent to an activating group) is 1. The van der Waals surface area contributed by atoms with Gasteiger partial charge in [0.05, 0.1) is 17.2 Å². The summed E-state index contributed by atoms with van der Waals surface area (Å²) >= 11 is 0. The van der Waals surface area contributed by atoms with Crippen molar-refractivity contribution in [2.24, 2.45) is 0 Å². The topological polar surface area (TPSA) is 102 Å². The third kappa shape index (κ3) is 3.23. The number of nitro benzene ring substituents is 1. The fourth-order valence-electron chi connectivity index (χ4n) is 1.78. The van der Waals surface area contributed by atoms with Crippen molar-refractivity contribution in [2.45, 2.75) is 0 Å². The Kier molecular flexibility index (Phi) is 4.29. The van der Waals surface area contributed by atoms with E-state index < -0.39 is 4.92 Å². The molecule has 0 saturated heterocycles. The summed E-state index contributed by atoms with van der Waals surface area (Å²) in [5, 5.41) is 23.7. The van der Waals surface area contributed by atoms with Crippen LogP contribution in [0.1, 0.15) is 10.5 Å². The van der Waals surface area contributed by atoms with Crippen molar-refractivity contribution < 1.29 is 14.8 Å². The zero-order valence-electron chi connectivity index (χ0n) is 11.3. The lowest BCUT2D eigenvalue weighted by molar-refractivity contribution is -0.384. The third-order valence-electron chi connectivity index (χ3n) is 2.90. The molecule has 110 valence electrons. The molecule has 0 saturated carbocycles. The number of hydrogen-bond acceptors (Lipinski definition) is 5. The first kappa shape index (κ1) is 14.7. The van der Waals surface area contributed by atoms with Crippen molar-refractivity contribution in [2.75, 3.05) is 20.2 Å². The van der Waals surface area contributed by atoms with Gasteiger partial charge in [-0.15, -0.1) is 0 Å². The molecule has 2 rings (SSSR count). The van der Waals surface area contributed by atoms with Gasteiger partial charge in [0.2, 0.25) is 0 Å². The van der Waals surface area contributed by atoms with E-state index in [0.29, 0.717) is 5.69 Å². The first-order valence-electron chi connectivity index (χ1n) is 6.19. The quantitative estimate of drug-likeness (QED) is 0.649. The summed E-state index contributed by atoms with van der Waals surface area (Å²) in [5.41, 5.74) is 0.652. The van der Waals surface area contributed by atoms with Crippen LogP contribution in [0.4, 0.5) is 5.69 Å². The van der Waals surface area contributed by atoms with Crippen LogP contribution in [-0.4, -0.2) is 50.8 Å². The second-order valence-electron chi connectivity index (χ2n) is 4.37. The maximum atomic E-state index is 12.0. The molecule has 0 atom stereocenters. The Morgan fingerprint density at radius 2 is 2.24 bits per heavy atom. The van der Waals surface area contributed by atoms with Crippen molar-refractivity contribution in [1.29, 1.82) is 0 Å². The SMILES string of the molecule is CN(CCO)C(=O)c1ccn(-c2cccc([N+](=O)[O-])c2)n1. The van der Waals surface area contributed by atoms with Crippen molar-refractivity contribution in [1.82, 2.24) is 14.7 Å². The van der Waals surface area contributed by atoms with Gasteiger partial charge in [-0.05, 0) is 12.1 Å². The fraction of sp³-hybridized carbons (Fsp3) is 0.231. The summed E-state index contributed by atoms with van der Waals surface area (Å²) in [5.74, 6) is -0.326. The maximum Gasteiger partial charge on any atom is 0.274 e. The highest BCUT2D eigenvalue weighted by molar-refractivity contribution is 5.92. The zero-order valence-corrected chi connectivity index (χ0v) is 11.3. The number of amides is 1. The highest BCUT2D eigenvalue weighted by Crippen LogP contribution is 2.16. The van der Waals surface area contributed by atoms with Gasteiger partial charge in [-0.25, -0.2) is 4.68 Å². The molecule has 1 heterocycles. The molecule has 1 N–H and O–H groups in total. The lowest BCUT2D eigenvalue weighted by Crippen LogP contribution is -2.29. The average Bonchev–Trinajstić information content (AvgIpc) is 2.96. The Morgan fingerprint density at radius 1 is 1.48 bits per heavy atom. The summed E-state index contributed by atoms with van der Waals surface area (Å²) in [6.07, 6.45) is 1.55. The van der Waals surface area contributed by atoms with Crippen LogP contribution in [0.2, 0.25) is 0 Å². The molecule has 0 aliphatic heterocycles. The second kappa shape index (κ2) is 6.14. The monoisotopic (exact) mass is 290 g/mol. The van der Waals surface area contributed by atoms with Crippen LogP contribution < -0.4 is 0 Å². The molecule has 0 bridgehead atoms. The smallest absolute Gasteiger partial charge is 0.274 e. The van der Waals surface area contributed by atoms with E-state index in [1.165, 1.54) is 27.8 Å². The lowest BCUT2D eigenvalue weighted by Gasteiger charge is -2.13. The minimum absolute atomic E-state index is 0.0479. The van der Waals surface area contributed by atoms with Crippen LogP contribution >= 0.6 is 0 Å². The molecule has 1 amide bonds. The van der Waals surface area contributed by atoms with Gasteiger partial charge in [-0.3, -0.25) is 14.9 Å². The predicted octanol–water partition coefficient (Wildman–Crippen LogP) is 0.845. The fourth-order valence-corrected chi connectivity index (χ4v) is 1.78. The highest BCUT2D eigenvalue weighted by atomic mass is 16.6. The van der Waals surface area contributed by atoms with Gasteiger partial charge in [0.15, 0.2) is 5.69 Å². The Balaban J connectivity index is 2.25. The molecule has 0 fully saturated rings. The third-order valence-corrected chi connectivity index (χ3v) is 2.90. The van der Waals surface area contributed by atoms with E-state index in [0.717, 1.165) is 0 Å². The van der Waals surface area contributed by atoms with Crippen molar-refractivity contribution in [3.8, 4) is 5.69 Å². The molecule has 0 aliphatic rings. The number of benzene rings is 1. The summed E-state index contributed by atoms with van der Waals surface area (Å²) < 4.78 is 1.40. The van der Waals surface area contributed by atoms with Gasteiger partial charge in [-0.2, -0.15) is 5.10 Å². The Labute approximate surface area is 120 Å². The summed E-state index contributed by atoms with van der Waals surface area (Å²) in [6.45, 7) is 0.0797. The van der Waals surface area contributed by atoms with Crippen LogP contribution in [0.5, 0.6) is 0 Å². The van der Waals surface area contributed by atoms with Crippen LogP contribution in [0.15, 0.2) is 36.5 Å². The Hall–Kier alpha value is -2.74. The van der Waals surface area contributed by atoms with E-state index in [1.54, 1.807) is 25.4 Å². The normalized spacial score (nSPS) is 10.4. The van der Waals surface area contributed by atoms with Crippen molar-refractivity contribution in [3.63, 3.8) is 0 Å². The first-order chi connectivity index (χ1) is 10.0. The van der Waals surface area contributed by atoms with Crippen LogP contribution in [0.25, 0.3) is 5.69 Å². The number of rotatable bonds is 5. The highest BCUT2D eigenvalue weighted by Gasteiger charge is 2.15. The number of hydrogen-bond donors (Lipinski definition) is 1. The Bertz CT molecular complexity index is 668. The zero-order chi connectivity index (χ0) is 15.4. The summed E-state index contributed by atoms with van der Waals surface area (Å²) in [4.78, 5) is 23.6. The van der Waals surface area contributed by atoms with Crippen molar-refractivity contribution in [3.05, 3.63) is 52.3 Å². The van der Waals surface area contributed by atoms with E-state index in [9.17, 15) is 14.9 Å². The number of carbonyl (C=O) groups is 1. The molecule has 1 aromatic carbocycles. The molecule has 2 aromatic rings. The van der Waals surface area contributed by atoms with E-state index in [2.05, 4.69) is 5.10 Å². The molecule has 0 spiro atoms. The Morgan fingerprint density at radius 3 is 2.90 bits per heavy atom. The molecular weight excluding hydrogens is 276 g/mol. The van der Waals surface area contributed by atoms with Gasteiger partial charge < -0.3 is 10.0 Å². The second-order valence-corrected chi connectivity index (χ2v) is 4.37. The van der Waals surface area contributed by atoms with Gasteiger partial charge in [0.1, 0.15) is 0 Å². The predicted molar refractivity (Wildman–Crippen MR) is 74.3 cm³/mol. The number of aromatic nitrogens is 2. The van der Waals surface area contributed by atoms with E-state index >= 15 is 0 Å². The number of aliphatic hydroxyl groups excluding tert-OH is 1. The van der Waals surface area contributed by atoms with Crippen LogP contribution in [0, 0.1) is 10.1 Å². The van der Waals surface area contributed by atoms with E-state index in [-0.39, 0.29) is 30.4 Å². The van der Waals surface area contributed by atoms with Crippen molar-refractivity contribution >= 4 is 11.6 Å². The molecule has 0 unspecified atom stereocenters. The molecule has 8 nitrogen and oxygen atoms in total. The van der Waals surface area contributed by atoms with E-state index in [4.69, 9.17) is 5.11 Å². The average molecular weight is 290 g/mol. The van der Waals surface area contributed by atoms with Crippen LogP contribution in [-0.2, 0) is 0 Å². The molecular formula is C13H14N4O4. The largest absolute Gasteiger partial charge is 0.395 e. The number of nitrogens with zero attached hydrogens (tertiary/aromatic N) is 4. The number of aliphatic hydroxyl groups is 1. The number of carbonyl (C=O) groups excluding carboxylic acids is 1. The lowest BCUT2D eigenvalue weighted by atomic mass is 10.3. The van der Waals surface area contributed by atoms with Gasteiger partial charge in [0.25, 0.3) is 11.6 Å². The summed E-state index contributed by atoms with van der Waals surface area (Å²) in [7, 11) is 1.56. The molecule has 21 heavy (non-hydrogen) atoms. The number of nitro groups is 1. The van der Waals surface area contributed by atoms with Gasteiger partial charge in [0, 0.05) is 31.9 Å². The minimum Gasteiger partial charge on any atom is -0.395 e. The first-order valence-corrected chi connectivity index (χ1v) is 6.19. The minimum atomic E-state index is -0.492. The molecule has 8 heteroatoms. The molecule has 0 aliphatic carbocycles. The number of non-ortho nitro benzene ring substituents is 1. The molecule has 1 aromatic heterocycles. The standard InChI is InChI=1S/C13H14N4O4/c1-15(7-8-18)13(19)12-5-6-16(14-12)10-3-2-4-11(9-10)17(20)21/h2-6,9,18H,7-8H2,1H3.